The van der Waals surface area contributed by atoms with E-state index >= 15 is 0 Å². The zero-order valence-electron chi connectivity index (χ0n) is 10.2. The molecular weight excluding hydrogens is 234 g/mol. The van der Waals surface area contributed by atoms with Gasteiger partial charge in [-0.3, -0.25) is 4.57 Å². The molecule has 0 atom stereocenters. The number of hydrogen-bond donors (Lipinski definition) is 0. The minimum atomic E-state index is 0.380. The van der Waals surface area contributed by atoms with Gasteiger partial charge in [-0.15, -0.1) is 21.8 Å². The molecular formula is C13H16ClN3. The monoisotopic (exact) mass is 249 g/mol. The molecule has 1 aromatic carbocycles. The molecule has 4 heteroatoms. The molecule has 2 aromatic rings. The summed E-state index contributed by atoms with van der Waals surface area (Å²) in [5.41, 5.74) is 2.32. The van der Waals surface area contributed by atoms with Crippen LogP contribution in [0.5, 0.6) is 0 Å². The van der Waals surface area contributed by atoms with Crippen molar-refractivity contribution in [1.29, 1.82) is 0 Å². The quantitative estimate of drug-likeness (QED) is 0.779. The number of aryl methyl sites for hydroxylation is 2. The van der Waals surface area contributed by atoms with Crippen molar-refractivity contribution in [2.45, 2.75) is 32.6 Å². The molecule has 0 aliphatic rings. The predicted molar refractivity (Wildman–Crippen MR) is 69.6 cm³/mol. The number of halogens is 1. The highest BCUT2D eigenvalue weighted by atomic mass is 35.5. The number of benzene rings is 1. The van der Waals surface area contributed by atoms with Crippen LogP contribution >= 0.6 is 11.6 Å². The average molecular weight is 250 g/mol. The lowest BCUT2D eigenvalue weighted by Gasteiger charge is -2.09. The van der Waals surface area contributed by atoms with E-state index in [1.54, 1.807) is 0 Å². The first kappa shape index (κ1) is 12.1. The summed E-state index contributed by atoms with van der Waals surface area (Å²) in [5, 5.41) is 8.34. The minimum absolute atomic E-state index is 0.380. The smallest absolute Gasteiger partial charge is 0.152 e. The van der Waals surface area contributed by atoms with Gasteiger partial charge in [0.1, 0.15) is 5.82 Å². The maximum Gasteiger partial charge on any atom is 0.152 e. The minimum Gasteiger partial charge on any atom is -0.282 e. The summed E-state index contributed by atoms with van der Waals surface area (Å²) in [6.45, 7) is 4.21. The van der Waals surface area contributed by atoms with Gasteiger partial charge in [-0.05, 0) is 25.5 Å². The van der Waals surface area contributed by atoms with Gasteiger partial charge in [-0.25, -0.2) is 0 Å². The van der Waals surface area contributed by atoms with E-state index in [1.165, 1.54) is 5.56 Å². The molecule has 0 unspecified atom stereocenters. The molecule has 0 amide bonds. The predicted octanol–water partition coefficient (Wildman–Crippen LogP) is 3.27. The highest BCUT2D eigenvalue weighted by Crippen LogP contribution is 2.16. The third kappa shape index (κ3) is 2.50. The Bertz CT molecular complexity index is 488. The van der Waals surface area contributed by atoms with Crippen molar-refractivity contribution < 1.29 is 0 Å². The van der Waals surface area contributed by atoms with E-state index in [-0.39, 0.29) is 0 Å². The Kier molecular flexibility index (Phi) is 3.79. The third-order valence-electron chi connectivity index (χ3n) is 2.68. The van der Waals surface area contributed by atoms with Crippen molar-refractivity contribution in [2.75, 3.05) is 0 Å². The van der Waals surface area contributed by atoms with Crippen molar-refractivity contribution in [2.24, 2.45) is 0 Å². The van der Waals surface area contributed by atoms with E-state index in [0.29, 0.717) is 5.88 Å². The topological polar surface area (TPSA) is 30.7 Å². The van der Waals surface area contributed by atoms with Crippen molar-refractivity contribution >= 4 is 11.6 Å². The molecule has 0 fully saturated rings. The van der Waals surface area contributed by atoms with Crippen molar-refractivity contribution in [3.8, 4) is 5.69 Å². The molecule has 17 heavy (non-hydrogen) atoms. The largest absolute Gasteiger partial charge is 0.282 e. The second-order valence-corrected chi connectivity index (χ2v) is 4.35. The lowest BCUT2D eigenvalue weighted by atomic mass is 10.2. The van der Waals surface area contributed by atoms with Crippen molar-refractivity contribution in [1.82, 2.24) is 14.8 Å². The summed E-state index contributed by atoms with van der Waals surface area (Å²) in [7, 11) is 0. The number of aromatic nitrogens is 3. The summed E-state index contributed by atoms with van der Waals surface area (Å²) in [6, 6.07) is 8.33. The summed E-state index contributed by atoms with van der Waals surface area (Å²) >= 11 is 5.90. The van der Waals surface area contributed by atoms with E-state index in [0.717, 1.165) is 30.2 Å². The summed E-state index contributed by atoms with van der Waals surface area (Å²) < 4.78 is 2.05. The molecule has 3 nitrogen and oxygen atoms in total. The molecule has 0 saturated carbocycles. The number of alkyl halides is 1. The third-order valence-corrected chi connectivity index (χ3v) is 2.92. The molecule has 0 aliphatic heterocycles. The van der Waals surface area contributed by atoms with E-state index < -0.39 is 0 Å². The van der Waals surface area contributed by atoms with Crippen LogP contribution < -0.4 is 0 Å². The van der Waals surface area contributed by atoms with Gasteiger partial charge in [0.25, 0.3) is 0 Å². The van der Waals surface area contributed by atoms with E-state index in [1.807, 2.05) is 0 Å². The fraction of sp³-hybridized carbons (Fsp3) is 0.385. The maximum atomic E-state index is 5.90. The highest BCUT2D eigenvalue weighted by Gasteiger charge is 2.11. The first-order chi connectivity index (χ1) is 8.26. The lowest BCUT2D eigenvalue weighted by molar-refractivity contribution is 0.796. The molecule has 0 spiro atoms. The van der Waals surface area contributed by atoms with Crippen molar-refractivity contribution in [3.63, 3.8) is 0 Å². The zero-order chi connectivity index (χ0) is 12.3. The van der Waals surface area contributed by atoms with E-state index in [4.69, 9.17) is 11.6 Å². The molecule has 90 valence electrons. The Morgan fingerprint density at radius 3 is 2.35 bits per heavy atom. The Labute approximate surface area is 106 Å². The van der Waals surface area contributed by atoms with Gasteiger partial charge >= 0.3 is 0 Å². The van der Waals surface area contributed by atoms with Crippen LogP contribution in [-0.4, -0.2) is 14.8 Å². The van der Waals surface area contributed by atoms with Gasteiger partial charge in [0, 0.05) is 12.1 Å². The van der Waals surface area contributed by atoms with Gasteiger partial charge in [-0.2, -0.15) is 0 Å². The van der Waals surface area contributed by atoms with Crippen LogP contribution in [0.25, 0.3) is 5.69 Å². The van der Waals surface area contributed by atoms with Crippen LogP contribution in [0, 0.1) is 6.92 Å². The number of hydrogen-bond acceptors (Lipinski definition) is 2. The van der Waals surface area contributed by atoms with Crippen molar-refractivity contribution in [3.05, 3.63) is 41.5 Å². The first-order valence-electron chi connectivity index (χ1n) is 5.82. The van der Waals surface area contributed by atoms with Gasteiger partial charge in [0.05, 0.1) is 5.88 Å². The lowest BCUT2D eigenvalue weighted by Crippen LogP contribution is -2.04. The molecule has 0 aliphatic carbocycles. The molecule has 0 saturated heterocycles. The highest BCUT2D eigenvalue weighted by molar-refractivity contribution is 6.16. The second-order valence-electron chi connectivity index (χ2n) is 4.09. The number of nitrogens with zero attached hydrogens (tertiary/aromatic N) is 3. The van der Waals surface area contributed by atoms with E-state index in [2.05, 4.69) is 52.9 Å². The molecule has 1 aromatic heterocycles. The summed E-state index contributed by atoms with van der Waals surface area (Å²) in [5.74, 6) is 2.16. The Balaban J connectivity index is 2.47. The van der Waals surface area contributed by atoms with E-state index in [9.17, 15) is 0 Å². The second kappa shape index (κ2) is 5.32. The van der Waals surface area contributed by atoms with Crippen LogP contribution in [-0.2, 0) is 12.3 Å². The average Bonchev–Trinajstić information content (AvgIpc) is 2.74. The van der Waals surface area contributed by atoms with Crippen LogP contribution in [0.1, 0.15) is 30.6 Å². The molecule has 0 bridgehead atoms. The molecule has 0 radical (unpaired) electrons. The van der Waals surface area contributed by atoms with Crippen LogP contribution in [0.15, 0.2) is 24.3 Å². The SMILES string of the molecule is CCCc1nnc(CCl)n1-c1ccc(C)cc1. The number of rotatable bonds is 4. The Morgan fingerprint density at radius 1 is 1.12 bits per heavy atom. The van der Waals surface area contributed by atoms with Gasteiger partial charge in [0.2, 0.25) is 0 Å². The van der Waals surface area contributed by atoms with Gasteiger partial charge < -0.3 is 0 Å². The van der Waals surface area contributed by atoms with Gasteiger partial charge in [0.15, 0.2) is 5.82 Å². The summed E-state index contributed by atoms with van der Waals surface area (Å²) in [6.07, 6.45) is 1.96. The van der Waals surface area contributed by atoms with Gasteiger partial charge in [-0.1, -0.05) is 24.6 Å². The Hall–Kier alpha value is -1.35. The first-order valence-corrected chi connectivity index (χ1v) is 6.36. The van der Waals surface area contributed by atoms with Crippen LogP contribution in [0.4, 0.5) is 0 Å². The normalized spacial score (nSPS) is 10.8. The fourth-order valence-electron chi connectivity index (χ4n) is 1.82. The zero-order valence-corrected chi connectivity index (χ0v) is 10.9. The fourth-order valence-corrected chi connectivity index (χ4v) is 1.99. The molecule has 1 heterocycles. The molecule has 0 N–H and O–H groups in total. The van der Waals surface area contributed by atoms with Crippen LogP contribution in [0.2, 0.25) is 0 Å². The standard InChI is InChI=1S/C13H16ClN3/c1-3-4-12-15-16-13(9-14)17(12)11-7-5-10(2)6-8-11/h5-8H,3-4,9H2,1-2H3. The Morgan fingerprint density at radius 2 is 1.76 bits per heavy atom. The summed E-state index contributed by atoms with van der Waals surface area (Å²) in [4.78, 5) is 0. The van der Waals surface area contributed by atoms with Crippen LogP contribution in [0.3, 0.4) is 0 Å². The molecule has 2 rings (SSSR count). The maximum absolute atomic E-state index is 5.90.